The first-order valence-corrected chi connectivity index (χ1v) is 9.05. The van der Waals surface area contributed by atoms with Crippen LogP contribution in [0.2, 0.25) is 0 Å². The molecule has 0 N–H and O–H groups in total. The first-order valence-electron chi connectivity index (χ1n) is 8.24. The summed E-state index contributed by atoms with van der Waals surface area (Å²) >= 11 is 1.72. The second-order valence-corrected chi connectivity index (χ2v) is 6.76. The molecule has 2 heteroatoms. The molecule has 0 radical (unpaired) electrons. The van der Waals surface area contributed by atoms with E-state index >= 15 is 0 Å². The highest BCUT2D eigenvalue weighted by molar-refractivity contribution is 8.22. The van der Waals surface area contributed by atoms with Crippen LogP contribution in [0.4, 0.5) is 0 Å². The first-order chi connectivity index (χ1) is 12.4. The molecule has 0 amide bonds. The maximum atomic E-state index is 4.79. The highest BCUT2D eigenvalue weighted by atomic mass is 32.2. The maximum absolute atomic E-state index is 4.79. The van der Waals surface area contributed by atoms with Gasteiger partial charge in [-0.3, -0.25) is 0 Å². The smallest absolute Gasteiger partial charge is 0.108 e. The van der Waals surface area contributed by atoms with E-state index in [9.17, 15) is 0 Å². The van der Waals surface area contributed by atoms with Crippen molar-refractivity contribution in [1.29, 1.82) is 0 Å². The fourth-order valence-electron chi connectivity index (χ4n) is 2.71. The normalized spacial score (nSPS) is 14.2. The van der Waals surface area contributed by atoms with Crippen molar-refractivity contribution in [1.82, 2.24) is 0 Å². The van der Waals surface area contributed by atoms with E-state index in [2.05, 4.69) is 78.9 Å². The molecule has 1 aliphatic rings. The molecule has 0 aliphatic carbocycles. The van der Waals surface area contributed by atoms with E-state index < -0.39 is 0 Å². The predicted molar refractivity (Wildman–Crippen MR) is 109 cm³/mol. The molecule has 0 atom stereocenters. The van der Waals surface area contributed by atoms with Gasteiger partial charge in [-0.2, -0.15) is 0 Å². The highest BCUT2D eigenvalue weighted by Crippen LogP contribution is 2.36. The number of thioether (sulfide) groups is 1. The van der Waals surface area contributed by atoms with Gasteiger partial charge in [0, 0.05) is 22.2 Å². The summed E-state index contributed by atoms with van der Waals surface area (Å²) in [7, 11) is 0. The summed E-state index contributed by atoms with van der Waals surface area (Å²) in [5.74, 6) is 0. The Morgan fingerprint density at radius 3 is 1.68 bits per heavy atom. The van der Waals surface area contributed by atoms with E-state index in [1.165, 1.54) is 16.0 Å². The number of rotatable bonds is 3. The Morgan fingerprint density at radius 2 is 1.08 bits per heavy atom. The van der Waals surface area contributed by atoms with Gasteiger partial charge in [0.15, 0.2) is 0 Å². The number of allylic oxidation sites excluding steroid dienone is 2. The van der Waals surface area contributed by atoms with E-state index in [1.807, 2.05) is 24.4 Å². The second-order valence-electron chi connectivity index (χ2n) is 5.73. The lowest BCUT2D eigenvalue weighted by molar-refractivity contribution is 1.53. The van der Waals surface area contributed by atoms with Gasteiger partial charge in [-0.1, -0.05) is 103 Å². The van der Waals surface area contributed by atoms with E-state index in [0.29, 0.717) is 0 Å². The monoisotopic (exact) mass is 339 g/mol. The Labute approximate surface area is 152 Å². The lowest BCUT2D eigenvalue weighted by Crippen LogP contribution is -1.94. The largest absolute Gasteiger partial charge is 0.248 e. The minimum Gasteiger partial charge on any atom is -0.248 e. The summed E-state index contributed by atoms with van der Waals surface area (Å²) in [6, 6.07) is 31.3. The van der Waals surface area contributed by atoms with E-state index in [1.54, 1.807) is 11.8 Å². The van der Waals surface area contributed by atoms with Crippen molar-refractivity contribution >= 4 is 27.3 Å². The second kappa shape index (κ2) is 7.37. The Hall–Kier alpha value is -2.84. The van der Waals surface area contributed by atoms with Crippen LogP contribution in [-0.4, -0.2) is 5.04 Å². The van der Waals surface area contributed by atoms with Crippen LogP contribution in [0.5, 0.6) is 0 Å². The lowest BCUT2D eigenvalue weighted by Gasteiger charge is -2.09. The Balaban J connectivity index is 1.82. The van der Waals surface area contributed by atoms with Gasteiger partial charge in [0.05, 0.1) is 0 Å². The van der Waals surface area contributed by atoms with Crippen molar-refractivity contribution in [3.63, 3.8) is 0 Å². The average molecular weight is 339 g/mol. The molecule has 3 aromatic rings. The standard InChI is InChI=1S/C23H17NS/c1-4-10-18(11-5-1)21-16-22(19-12-6-2-7-13-19)25-23(24-17-21)20-14-8-3-9-15-20/h1-17H. The summed E-state index contributed by atoms with van der Waals surface area (Å²) in [4.78, 5) is 6.00. The van der Waals surface area contributed by atoms with Gasteiger partial charge in [-0.15, -0.1) is 0 Å². The zero-order valence-corrected chi connectivity index (χ0v) is 14.5. The van der Waals surface area contributed by atoms with E-state index in [4.69, 9.17) is 4.99 Å². The molecular formula is C23H17NS. The average Bonchev–Trinajstić information content (AvgIpc) is 2.93. The molecule has 1 aliphatic heterocycles. The van der Waals surface area contributed by atoms with Gasteiger partial charge in [-0.05, 0) is 17.2 Å². The van der Waals surface area contributed by atoms with E-state index in [0.717, 1.165) is 16.2 Å². The van der Waals surface area contributed by atoms with Crippen LogP contribution in [0.1, 0.15) is 16.7 Å². The van der Waals surface area contributed by atoms with Gasteiger partial charge in [0.2, 0.25) is 0 Å². The van der Waals surface area contributed by atoms with Crippen LogP contribution >= 0.6 is 11.8 Å². The number of benzene rings is 3. The minimum atomic E-state index is 1.02. The molecule has 1 heterocycles. The minimum absolute atomic E-state index is 1.02. The zero-order valence-electron chi connectivity index (χ0n) is 13.7. The topological polar surface area (TPSA) is 12.4 Å². The fraction of sp³-hybridized carbons (Fsp3) is 0. The molecule has 3 aromatic carbocycles. The summed E-state index contributed by atoms with van der Waals surface area (Å²) in [6.07, 6.45) is 4.20. The third-order valence-electron chi connectivity index (χ3n) is 4.00. The molecule has 0 aromatic heterocycles. The van der Waals surface area contributed by atoms with Crippen molar-refractivity contribution in [3.8, 4) is 0 Å². The van der Waals surface area contributed by atoms with Crippen LogP contribution in [0.25, 0.3) is 10.5 Å². The van der Waals surface area contributed by atoms with Gasteiger partial charge in [-0.25, -0.2) is 4.99 Å². The van der Waals surface area contributed by atoms with Crippen LogP contribution in [-0.2, 0) is 0 Å². The summed E-state index contributed by atoms with van der Waals surface area (Å²) < 4.78 is 0. The summed E-state index contributed by atoms with van der Waals surface area (Å²) in [6.45, 7) is 0. The molecule has 25 heavy (non-hydrogen) atoms. The number of nitrogens with zero attached hydrogens (tertiary/aromatic N) is 1. The van der Waals surface area contributed by atoms with Crippen molar-refractivity contribution in [2.45, 2.75) is 0 Å². The summed E-state index contributed by atoms with van der Waals surface area (Å²) in [5.41, 5.74) is 4.65. The molecule has 0 spiro atoms. The predicted octanol–water partition coefficient (Wildman–Crippen LogP) is 6.26. The molecule has 1 nitrogen and oxygen atoms in total. The van der Waals surface area contributed by atoms with Gasteiger partial charge in [0.25, 0.3) is 0 Å². The summed E-state index contributed by atoms with van der Waals surface area (Å²) in [5, 5.41) is 1.02. The van der Waals surface area contributed by atoms with Gasteiger partial charge >= 0.3 is 0 Å². The Kier molecular flexibility index (Phi) is 4.62. The number of hydrogen-bond donors (Lipinski definition) is 0. The maximum Gasteiger partial charge on any atom is 0.108 e. The van der Waals surface area contributed by atoms with Crippen molar-refractivity contribution in [3.05, 3.63) is 120 Å². The molecule has 0 unspecified atom stereocenters. The lowest BCUT2D eigenvalue weighted by atomic mass is 10.1. The quantitative estimate of drug-likeness (QED) is 0.548. The highest BCUT2D eigenvalue weighted by Gasteiger charge is 2.14. The van der Waals surface area contributed by atoms with Gasteiger partial charge in [0.1, 0.15) is 5.04 Å². The molecule has 0 saturated heterocycles. The Morgan fingerprint density at radius 1 is 0.560 bits per heavy atom. The third kappa shape index (κ3) is 3.65. The fourth-order valence-corrected chi connectivity index (χ4v) is 3.72. The van der Waals surface area contributed by atoms with E-state index in [-0.39, 0.29) is 0 Å². The van der Waals surface area contributed by atoms with Crippen LogP contribution in [0, 0.1) is 0 Å². The zero-order chi connectivity index (χ0) is 16.9. The Bertz CT molecular complexity index is 939. The van der Waals surface area contributed by atoms with Crippen LogP contribution < -0.4 is 0 Å². The first kappa shape index (κ1) is 15.7. The molecule has 120 valence electrons. The molecule has 4 rings (SSSR count). The molecule has 0 fully saturated rings. The van der Waals surface area contributed by atoms with Crippen molar-refractivity contribution < 1.29 is 0 Å². The third-order valence-corrected chi connectivity index (χ3v) is 5.11. The molecule has 0 saturated carbocycles. The van der Waals surface area contributed by atoms with Crippen molar-refractivity contribution in [2.75, 3.05) is 0 Å². The molecule has 0 bridgehead atoms. The SMILES string of the molecule is C1=C(c2ccccc2)C=C(c2ccccc2)SC(c2ccccc2)=N1. The van der Waals surface area contributed by atoms with Crippen LogP contribution in [0.3, 0.4) is 0 Å². The van der Waals surface area contributed by atoms with Crippen LogP contribution in [0.15, 0.2) is 108 Å². The van der Waals surface area contributed by atoms with Gasteiger partial charge < -0.3 is 0 Å². The van der Waals surface area contributed by atoms with Crippen molar-refractivity contribution in [2.24, 2.45) is 4.99 Å². The number of aliphatic imine (C=N–C) groups is 1. The number of hydrogen-bond acceptors (Lipinski definition) is 2. The molecular weight excluding hydrogens is 322 g/mol.